The molecule has 1 fully saturated rings. The van der Waals surface area contributed by atoms with Crippen LogP contribution in [-0.4, -0.2) is 45.3 Å². The van der Waals surface area contributed by atoms with Crippen molar-refractivity contribution in [3.63, 3.8) is 0 Å². The molecule has 1 aliphatic carbocycles. The predicted octanol–water partition coefficient (Wildman–Crippen LogP) is 2.73. The summed E-state index contributed by atoms with van der Waals surface area (Å²) in [5.41, 5.74) is 3.05. The maximum absolute atomic E-state index is 13.1. The molecule has 3 aromatic rings. The first-order valence-electron chi connectivity index (χ1n) is 10.3. The zero-order chi connectivity index (χ0) is 21.8. The van der Waals surface area contributed by atoms with Crippen molar-refractivity contribution < 1.29 is 9.18 Å². The second-order valence-electron chi connectivity index (χ2n) is 8.29. The van der Waals surface area contributed by atoms with Gasteiger partial charge in [0, 0.05) is 32.4 Å². The maximum atomic E-state index is 13.1. The van der Waals surface area contributed by atoms with E-state index in [-0.39, 0.29) is 11.7 Å². The molecule has 5 rings (SSSR count). The minimum Gasteiger partial charge on any atom is -0.350 e. The van der Waals surface area contributed by atoms with E-state index in [4.69, 9.17) is 4.98 Å². The second kappa shape index (κ2) is 7.04. The van der Waals surface area contributed by atoms with Crippen molar-refractivity contribution in [1.29, 1.82) is 0 Å². The highest BCUT2D eigenvalue weighted by molar-refractivity contribution is 6.09. The van der Waals surface area contributed by atoms with Crippen molar-refractivity contribution in [2.75, 3.05) is 29.2 Å². The van der Waals surface area contributed by atoms with Gasteiger partial charge in [-0.3, -0.25) is 9.48 Å². The normalized spacial score (nSPS) is 16.6. The molecule has 1 aliphatic heterocycles. The van der Waals surface area contributed by atoms with Crippen LogP contribution in [0.1, 0.15) is 29.7 Å². The van der Waals surface area contributed by atoms with E-state index in [1.165, 1.54) is 12.1 Å². The standard InChI is InChI=1S/C22H24FN7O/c1-14-18-19(29(3)22(8-9-22)20(31)28(18)2)27-21(26-14)24-10-16-11-25-30(13-16)12-15-4-6-17(23)7-5-15/h4-7,11,13H,8-10,12H2,1-3H3,(H,24,26,27). The third kappa shape index (κ3) is 3.30. The number of hydrogen-bond donors (Lipinski definition) is 1. The van der Waals surface area contributed by atoms with Gasteiger partial charge < -0.3 is 15.1 Å². The molecule has 3 heterocycles. The molecule has 0 radical (unpaired) electrons. The smallest absolute Gasteiger partial charge is 0.252 e. The summed E-state index contributed by atoms with van der Waals surface area (Å²) >= 11 is 0. The van der Waals surface area contributed by atoms with E-state index in [0.717, 1.165) is 41.2 Å². The third-order valence-electron chi connectivity index (χ3n) is 6.16. The molecule has 2 aromatic heterocycles. The van der Waals surface area contributed by atoms with Crippen molar-refractivity contribution in [3.05, 3.63) is 59.3 Å². The summed E-state index contributed by atoms with van der Waals surface area (Å²) in [4.78, 5) is 25.8. The molecular formula is C22H24FN7O. The Balaban J connectivity index is 1.31. The van der Waals surface area contributed by atoms with Crippen molar-refractivity contribution in [3.8, 4) is 0 Å². The quantitative estimate of drug-likeness (QED) is 0.683. The molecule has 31 heavy (non-hydrogen) atoms. The van der Waals surface area contributed by atoms with Crippen LogP contribution < -0.4 is 15.1 Å². The van der Waals surface area contributed by atoms with Crippen molar-refractivity contribution in [2.24, 2.45) is 0 Å². The molecule has 8 nitrogen and oxygen atoms in total. The fourth-order valence-electron chi connectivity index (χ4n) is 4.23. The Labute approximate surface area is 179 Å². The van der Waals surface area contributed by atoms with E-state index in [1.54, 1.807) is 30.3 Å². The Kier molecular flexibility index (Phi) is 4.42. The first-order valence-corrected chi connectivity index (χ1v) is 10.3. The number of carbonyl (C=O) groups excluding carboxylic acids is 1. The summed E-state index contributed by atoms with van der Waals surface area (Å²) < 4.78 is 14.9. The van der Waals surface area contributed by atoms with Gasteiger partial charge in [-0.2, -0.15) is 10.1 Å². The predicted molar refractivity (Wildman–Crippen MR) is 116 cm³/mol. The number of hydrogen-bond acceptors (Lipinski definition) is 6. The highest BCUT2D eigenvalue weighted by Crippen LogP contribution is 2.51. The topological polar surface area (TPSA) is 79.2 Å². The van der Waals surface area contributed by atoms with Gasteiger partial charge >= 0.3 is 0 Å². The van der Waals surface area contributed by atoms with Crippen LogP contribution in [0.4, 0.5) is 21.8 Å². The van der Waals surface area contributed by atoms with Crippen LogP contribution in [0.3, 0.4) is 0 Å². The SMILES string of the molecule is Cc1nc(NCc2cnn(Cc3ccc(F)cc3)c2)nc2c1N(C)C(=O)C1(CC1)N2C. The number of aromatic nitrogens is 4. The first kappa shape index (κ1) is 19.5. The van der Waals surface area contributed by atoms with Gasteiger partial charge in [0.15, 0.2) is 5.82 Å². The summed E-state index contributed by atoms with van der Waals surface area (Å²) in [7, 11) is 3.74. The molecule has 160 valence electrons. The average Bonchev–Trinajstić information content (AvgIpc) is 3.44. The number of rotatable bonds is 5. The van der Waals surface area contributed by atoms with Gasteiger partial charge in [0.1, 0.15) is 17.0 Å². The summed E-state index contributed by atoms with van der Waals surface area (Å²) in [5.74, 6) is 1.17. The zero-order valence-electron chi connectivity index (χ0n) is 17.8. The molecule has 0 atom stereocenters. The lowest BCUT2D eigenvalue weighted by Gasteiger charge is -2.39. The number of benzene rings is 1. The third-order valence-corrected chi connectivity index (χ3v) is 6.16. The minimum absolute atomic E-state index is 0.114. The van der Waals surface area contributed by atoms with Crippen LogP contribution >= 0.6 is 0 Å². The summed E-state index contributed by atoms with van der Waals surface area (Å²) in [5, 5.41) is 7.66. The highest BCUT2D eigenvalue weighted by atomic mass is 19.1. The zero-order valence-corrected chi connectivity index (χ0v) is 17.8. The van der Waals surface area contributed by atoms with Gasteiger partial charge in [-0.25, -0.2) is 9.37 Å². The monoisotopic (exact) mass is 421 g/mol. The molecular weight excluding hydrogens is 397 g/mol. The van der Waals surface area contributed by atoms with Crippen LogP contribution in [0.5, 0.6) is 0 Å². The lowest BCUT2D eigenvalue weighted by Crippen LogP contribution is -2.53. The van der Waals surface area contributed by atoms with Crippen molar-refractivity contribution >= 4 is 23.4 Å². The molecule has 9 heteroatoms. The second-order valence-corrected chi connectivity index (χ2v) is 8.29. The summed E-state index contributed by atoms with van der Waals surface area (Å²) in [6.45, 7) is 2.99. The number of halogens is 1. The number of nitrogens with one attached hydrogen (secondary N) is 1. The number of aryl methyl sites for hydroxylation is 1. The van der Waals surface area contributed by atoms with Crippen LogP contribution in [0.2, 0.25) is 0 Å². The maximum Gasteiger partial charge on any atom is 0.252 e. The molecule has 0 saturated heterocycles. The van der Waals surface area contributed by atoms with E-state index in [0.29, 0.717) is 19.0 Å². The van der Waals surface area contributed by atoms with Gasteiger partial charge in [0.05, 0.1) is 18.4 Å². The highest BCUT2D eigenvalue weighted by Gasteiger charge is 2.58. The Bertz CT molecular complexity index is 1150. The molecule has 0 unspecified atom stereocenters. The molecule has 1 saturated carbocycles. The Morgan fingerprint density at radius 1 is 1.13 bits per heavy atom. The van der Waals surface area contributed by atoms with Gasteiger partial charge in [-0.1, -0.05) is 12.1 Å². The molecule has 1 aromatic carbocycles. The van der Waals surface area contributed by atoms with Gasteiger partial charge in [-0.05, 0) is 37.5 Å². The molecule has 1 amide bonds. The molecule has 1 spiro atoms. The van der Waals surface area contributed by atoms with Gasteiger partial charge in [0.25, 0.3) is 5.91 Å². The summed E-state index contributed by atoms with van der Waals surface area (Å²) in [6.07, 6.45) is 5.44. The van der Waals surface area contributed by atoms with Gasteiger partial charge in [0.2, 0.25) is 5.95 Å². The Morgan fingerprint density at radius 3 is 2.58 bits per heavy atom. The number of carbonyl (C=O) groups is 1. The lowest BCUT2D eigenvalue weighted by atomic mass is 10.1. The number of nitrogens with zero attached hydrogens (tertiary/aromatic N) is 6. The van der Waals surface area contributed by atoms with E-state index >= 15 is 0 Å². The number of amides is 1. The van der Waals surface area contributed by atoms with E-state index in [2.05, 4.69) is 15.4 Å². The lowest BCUT2D eigenvalue weighted by molar-refractivity contribution is -0.120. The molecule has 1 N–H and O–H groups in total. The van der Waals surface area contributed by atoms with Crippen LogP contribution in [0.25, 0.3) is 0 Å². The van der Waals surface area contributed by atoms with Crippen molar-refractivity contribution in [1.82, 2.24) is 19.7 Å². The van der Waals surface area contributed by atoms with Crippen LogP contribution in [0, 0.1) is 12.7 Å². The summed E-state index contributed by atoms with van der Waals surface area (Å²) in [6, 6.07) is 6.41. The first-order chi connectivity index (χ1) is 14.9. The van der Waals surface area contributed by atoms with E-state index in [9.17, 15) is 9.18 Å². The average molecular weight is 421 g/mol. The van der Waals surface area contributed by atoms with E-state index < -0.39 is 5.54 Å². The van der Waals surface area contributed by atoms with Gasteiger partial charge in [-0.15, -0.1) is 0 Å². The van der Waals surface area contributed by atoms with Crippen molar-refractivity contribution in [2.45, 2.75) is 38.4 Å². The number of fused-ring (bicyclic) bond motifs is 1. The number of anilines is 3. The Hall–Kier alpha value is -3.49. The fraction of sp³-hybridized carbons (Fsp3) is 0.364. The fourth-order valence-corrected chi connectivity index (χ4v) is 4.23. The minimum atomic E-state index is -0.443. The molecule has 0 bridgehead atoms. The van der Waals surface area contributed by atoms with Crippen LogP contribution in [0.15, 0.2) is 36.7 Å². The largest absolute Gasteiger partial charge is 0.350 e. The van der Waals surface area contributed by atoms with Crippen LogP contribution in [-0.2, 0) is 17.9 Å². The number of likely N-dealkylation sites (N-methyl/N-ethyl adjacent to an activating group) is 2. The molecule has 2 aliphatic rings. The Morgan fingerprint density at radius 2 is 1.87 bits per heavy atom. The van der Waals surface area contributed by atoms with E-state index in [1.807, 2.05) is 29.7 Å².